The van der Waals surface area contributed by atoms with E-state index in [2.05, 4.69) is 15.1 Å². The Morgan fingerprint density at radius 3 is 2.55 bits per heavy atom. The lowest BCUT2D eigenvalue weighted by Gasteiger charge is -2.16. The number of aryl methyl sites for hydroxylation is 1. The molecule has 1 aliphatic carbocycles. The van der Waals surface area contributed by atoms with E-state index in [1.807, 2.05) is 6.92 Å². The van der Waals surface area contributed by atoms with E-state index in [9.17, 15) is 8.42 Å². The molecule has 0 unspecified atom stereocenters. The van der Waals surface area contributed by atoms with Gasteiger partial charge in [0.2, 0.25) is 0 Å². The molecule has 1 aliphatic rings. The number of halogens is 1. The smallest absolute Gasteiger partial charge is 0.257 e. The molecule has 0 radical (unpaired) electrons. The van der Waals surface area contributed by atoms with Crippen molar-refractivity contribution in [3.63, 3.8) is 0 Å². The van der Waals surface area contributed by atoms with Crippen LogP contribution in [-0.2, 0) is 16.6 Å². The highest BCUT2D eigenvalue weighted by atomic mass is 35.5. The van der Waals surface area contributed by atoms with E-state index in [-0.39, 0.29) is 17.4 Å². The molecule has 2 rings (SSSR count). The molecule has 1 fully saturated rings. The molecule has 1 aromatic heterocycles. The topological polar surface area (TPSA) is 76.0 Å². The summed E-state index contributed by atoms with van der Waals surface area (Å²) in [6, 6.07) is 2.07. The minimum atomic E-state index is -3.46. The average Bonchev–Trinajstić information content (AvgIpc) is 2.81. The third-order valence-electron chi connectivity index (χ3n) is 3.96. The number of nitrogens with zero attached hydrogens (tertiary/aromatic N) is 2. The van der Waals surface area contributed by atoms with Crippen molar-refractivity contribution in [3.05, 3.63) is 12.3 Å². The van der Waals surface area contributed by atoms with Gasteiger partial charge in [0.05, 0.1) is 6.20 Å². The van der Waals surface area contributed by atoms with Crippen LogP contribution in [0.2, 0.25) is 0 Å². The fourth-order valence-corrected chi connectivity index (χ4v) is 4.02. The van der Waals surface area contributed by atoms with Gasteiger partial charge < -0.3 is 5.32 Å². The maximum absolute atomic E-state index is 12.2. The highest BCUT2D eigenvalue weighted by Crippen LogP contribution is 2.16. The molecule has 6 nitrogen and oxygen atoms in total. The summed E-state index contributed by atoms with van der Waals surface area (Å²) in [5.74, 6) is 0. The fraction of sp³-hybridized carbons (Fsp3) is 0.786. The second-order valence-electron chi connectivity index (χ2n) is 5.53. The van der Waals surface area contributed by atoms with Crippen LogP contribution in [0.25, 0.3) is 0 Å². The zero-order valence-electron chi connectivity index (χ0n) is 13.1. The first kappa shape index (κ1) is 19.4. The quantitative estimate of drug-likeness (QED) is 0.582. The normalized spacial score (nSPS) is 17.0. The Morgan fingerprint density at radius 2 is 1.91 bits per heavy atom. The molecule has 1 saturated carbocycles. The summed E-state index contributed by atoms with van der Waals surface area (Å²) in [4.78, 5) is 0. The molecular formula is C14H27ClN4O2S. The van der Waals surface area contributed by atoms with Crippen molar-refractivity contribution in [2.75, 3.05) is 13.1 Å². The van der Waals surface area contributed by atoms with Crippen molar-refractivity contribution < 1.29 is 8.42 Å². The number of rotatable bonds is 7. The average molecular weight is 351 g/mol. The second-order valence-corrected chi connectivity index (χ2v) is 7.24. The van der Waals surface area contributed by atoms with Gasteiger partial charge in [0.1, 0.15) is 0 Å². The fourth-order valence-electron chi connectivity index (χ4n) is 2.81. The Balaban J connectivity index is 0.00000242. The highest BCUT2D eigenvalue weighted by molar-refractivity contribution is 7.89. The van der Waals surface area contributed by atoms with Crippen LogP contribution in [0.1, 0.15) is 45.4 Å². The summed E-state index contributed by atoms with van der Waals surface area (Å²) in [5, 5.41) is 7.69. The third-order valence-corrected chi connectivity index (χ3v) is 5.44. The van der Waals surface area contributed by atoms with Gasteiger partial charge in [-0.1, -0.05) is 25.7 Å². The second kappa shape index (κ2) is 9.50. The van der Waals surface area contributed by atoms with Crippen LogP contribution < -0.4 is 10.0 Å². The lowest BCUT2D eigenvalue weighted by atomic mass is 10.1. The van der Waals surface area contributed by atoms with Gasteiger partial charge in [0.15, 0.2) is 5.03 Å². The van der Waals surface area contributed by atoms with E-state index in [1.54, 1.807) is 0 Å². The van der Waals surface area contributed by atoms with Gasteiger partial charge in [-0.25, -0.2) is 13.1 Å². The zero-order valence-corrected chi connectivity index (χ0v) is 14.8. The van der Waals surface area contributed by atoms with E-state index >= 15 is 0 Å². The van der Waals surface area contributed by atoms with Crippen molar-refractivity contribution >= 4 is 22.4 Å². The maximum atomic E-state index is 12.2. The molecule has 2 N–H and O–H groups in total. The molecule has 0 saturated heterocycles. The molecule has 0 spiro atoms. The first-order valence-corrected chi connectivity index (χ1v) is 9.36. The third kappa shape index (κ3) is 5.53. The number of hydrogen-bond acceptors (Lipinski definition) is 4. The van der Waals surface area contributed by atoms with Crippen molar-refractivity contribution in [1.82, 2.24) is 19.8 Å². The molecule has 1 heterocycles. The first-order valence-electron chi connectivity index (χ1n) is 7.88. The van der Waals surface area contributed by atoms with Crippen LogP contribution in [0.5, 0.6) is 0 Å². The molecule has 1 aromatic rings. The van der Waals surface area contributed by atoms with E-state index in [0.29, 0.717) is 25.7 Å². The molecule has 22 heavy (non-hydrogen) atoms. The summed E-state index contributed by atoms with van der Waals surface area (Å²) in [7, 11) is -3.46. The van der Waals surface area contributed by atoms with Gasteiger partial charge in [0, 0.05) is 25.7 Å². The Morgan fingerprint density at radius 1 is 1.23 bits per heavy atom. The lowest BCUT2D eigenvalue weighted by molar-refractivity contribution is 0.460. The molecule has 8 heteroatoms. The maximum Gasteiger partial charge on any atom is 0.257 e. The lowest BCUT2D eigenvalue weighted by Crippen LogP contribution is -2.37. The zero-order chi connectivity index (χ0) is 15.1. The molecular weight excluding hydrogens is 324 g/mol. The molecule has 0 aliphatic heterocycles. The van der Waals surface area contributed by atoms with E-state index < -0.39 is 10.0 Å². The number of hydrogen-bond donors (Lipinski definition) is 2. The summed E-state index contributed by atoms with van der Waals surface area (Å²) in [6.45, 7) is 3.50. The predicted octanol–water partition coefficient (Wildman–Crippen LogP) is 1.92. The minimum absolute atomic E-state index is 0. The van der Waals surface area contributed by atoms with Crippen molar-refractivity contribution in [2.24, 2.45) is 0 Å². The van der Waals surface area contributed by atoms with Crippen LogP contribution in [0, 0.1) is 0 Å². The molecule has 128 valence electrons. The van der Waals surface area contributed by atoms with Gasteiger partial charge in [-0.05, 0) is 25.8 Å². The van der Waals surface area contributed by atoms with Gasteiger partial charge in [-0.15, -0.1) is 12.4 Å². The van der Waals surface area contributed by atoms with E-state index in [1.165, 1.54) is 55.5 Å². The van der Waals surface area contributed by atoms with Gasteiger partial charge in [-0.3, -0.25) is 4.68 Å². The summed E-state index contributed by atoms with van der Waals surface area (Å²) in [6.07, 6.45) is 9.13. The van der Waals surface area contributed by atoms with Crippen LogP contribution in [0.3, 0.4) is 0 Å². The van der Waals surface area contributed by atoms with Gasteiger partial charge in [0.25, 0.3) is 10.0 Å². The summed E-state index contributed by atoms with van der Waals surface area (Å²) >= 11 is 0. The SMILES string of the molecule is CCn1nccc1S(=O)(=O)NCCNC1CCCCCC1.Cl. The van der Waals surface area contributed by atoms with Gasteiger partial charge in [-0.2, -0.15) is 5.10 Å². The number of nitrogens with one attached hydrogen (secondary N) is 2. The first-order chi connectivity index (χ1) is 10.1. The number of aromatic nitrogens is 2. The standard InChI is InChI=1S/C14H26N4O2S.ClH/c1-2-18-14(9-10-16-18)21(19,20)17-12-11-15-13-7-5-3-4-6-8-13;/h9-10,13,15,17H,2-8,11-12H2,1H3;1H. The number of sulfonamides is 1. The molecule has 0 amide bonds. The van der Waals surface area contributed by atoms with Crippen LogP contribution >= 0.6 is 12.4 Å². The minimum Gasteiger partial charge on any atom is -0.313 e. The van der Waals surface area contributed by atoms with Crippen molar-refractivity contribution in [1.29, 1.82) is 0 Å². The predicted molar refractivity (Wildman–Crippen MR) is 89.8 cm³/mol. The molecule has 0 atom stereocenters. The Hall–Kier alpha value is -0.630. The largest absolute Gasteiger partial charge is 0.313 e. The Kier molecular flexibility index (Phi) is 8.38. The van der Waals surface area contributed by atoms with E-state index in [4.69, 9.17) is 0 Å². The van der Waals surface area contributed by atoms with Crippen molar-refractivity contribution in [2.45, 2.75) is 63.1 Å². The van der Waals surface area contributed by atoms with E-state index in [0.717, 1.165) is 0 Å². The van der Waals surface area contributed by atoms with Crippen LogP contribution in [-0.4, -0.2) is 37.3 Å². The van der Waals surface area contributed by atoms with Crippen LogP contribution in [0.4, 0.5) is 0 Å². The van der Waals surface area contributed by atoms with Gasteiger partial charge >= 0.3 is 0 Å². The highest BCUT2D eigenvalue weighted by Gasteiger charge is 2.18. The Labute approximate surface area is 139 Å². The van der Waals surface area contributed by atoms with Crippen molar-refractivity contribution in [3.8, 4) is 0 Å². The molecule has 0 aromatic carbocycles. The van der Waals surface area contributed by atoms with Crippen LogP contribution in [0.15, 0.2) is 17.3 Å². The monoisotopic (exact) mass is 350 g/mol. The summed E-state index contributed by atoms with van der Waals surface area (Å²) < 4.78 is 28.5. The molecule has 0 bridgehead atoms. The Bertz CT molecular complexity index is 525. The summed E-state index contributed by atoms with van der Waals surface area (Å²) in [5.41, 5.74) is 0.